The maximum Gasteiger partial charge on any atom is 0.122 e. The van der Waals surface area contributed by atoms with E-state index >= 15 is 0 Å². The van der Waals surface area contributed by atoms with Crippen molar-refractivity contribution in [2.24, 2.45) is 7.05 Å². The highest BCUT2D eigenvalue weighted by Crippen LogP contribution is 2.29. The molecule has 96 valence electrons. The third-order valence-corrected chi connectivity index (χ3v) is 2.83. The largest absolute Gasteiger partial charge is 0.497 e. The summed E-state index contributed by atoms with van der Waals surface area (Å²) < 4.78 is 12.0. The number of methoxy groups -OCH3 is 2. The minimum atomic E-state index is -0.763. The molecule has 18 heavy (non-hydrogen) atoms. The van der Waals surface area contributed by atoms with Crippen LogP contribution in [0.5, 0.6) is 11.5 Å². The Morgan fingerprint density at radius 2 is 1.78 bits per heavy atom. The number of hydrogen-bond acceptors (Lipinski definition) is 4. The van der Waals surface area contributed by atoms with Gasteiger partial charge < -0.3 is 14.6 Å². The molecule has 1 N–H and O–H groups in total. The molecule has 0 fully saturated rings. The third kappa shape index (κ3) is 2.31. The maximum absolute atomic E-state index is 10.3. The number of ether oxygens (including phenoxy) is 2. The van der Waals surface area contributed by atoms with E-state index in [1.165, 1.54) is 0 Å². The van der Waals surface area contributed by atoms with Gasteiger partial charge in [0, 0.05) is 19.3 Å². The lowest BCUT2D eigenvalue weighted by molar-refractivity contribution is 0.208. The fraction of sp³-hybridized carbons (Fsp3) is 0.308. The second-order valence-electron chi connectivity index (χ2n) is 3.93. The van der Waals surface area contributed by atoms with E-state index in [-0.39, 0.29) is 0 Å². The molecule has 0 aliphatic rings. The van der Waals surface area contributed by atoms with Gasteiger partial charge in [0.05, 0.1) is 19.9 Å². The van der Waals surface area contributed by atoms with Gasteiger partial charge in [-0.25, -0.2) is 0 Å². The van der Waals surface area contributed by atoms with Gasteiger partial charge in [-0.3, -0.25) is 4.68 Å². The molecule has 1 unspecified atom stereocenters. The fourth-order valence-corrected chi connectivity index (χ4v) is 1.81. The minimum absolute atomic E-state index is 0.644. The summed E-state index contributed by atoms with van der Waals surface area (Å²) in [4.78, 5) is 0. The lowest BCUT2D eigenvalue weighted by Crippen LogP contribution is -2.07. The zero-order valence-corrected chi connectivity index (χ0v) is 10.6. The number of benzene rings is 1. The Balaban J connectivity index is 2.41. The van der Waals surface area contributed by atoms with Crippen LogP contribution in [0.25, 0.3) is 0 Å². The minimum Gasteiger partial charge on any atom is -0.497 e. The van der Waals surface area contributed by atoms with Crippen LogP contribution < -0.4 is 9.47 Å². The monoisotopic (exact) mass is 248 g/mol. The summed E-state index contributed by atoms with van der Waals surface area (Å²) >= 11 is 0. The van der Waals surface area contributed by atoms with Gasteiger partial charge in [0.15, 0.2) is 0 Å². The van der Waals surface area contributed by atoms with E-state index in [1.54, 1.807) is 56.4 Å². The zero-order valence-electron chi connectivity index (χ0n) is 10.6. The molecule has 2 rings (SSSR count). The SMILES string of the molecule is COc1cc(OC)cc(C(O)c2ccnn2C)c1. The summed E-state index contributed by atoms with van der Waals surface area (Å²) in [5.74, 6) is 1.29. The molecule has 5 heteroatoms. The van der Waals surface area contributed by atoms with Gasteiger partial charge in [-0.2, -0.15) is 5.10 Å². The van der Waals surface area contributed by atoms with Crippen molar-refractivity contribution in [2.75, 3.05) is 14.2 Å². The van der Waals surface area contributed by atoms with Crippen molar-refractivity contribution in [3.63, 3.8) is 0 Å². The Morgan fingerprint density at radius 3 is 2.22 bits per heavy atom. The molecule has 0 saturated carbocycles. The Hall–Kier alpha value is -2.01. The van der Waals surface area contributed by atoms with Crippen LogP contribution >= 0.6 is 0 Å². The zero-order chi connectivity index (χ0) is 13.1. The molecule has 0 saturated heterocycles. The summed E-state index contributed by atoms with van der Waals surface area (Å²) in [5, 5.41) is 14.4. The van der Waals surface area contributed by atoms with E-state index in [0.717, 1.165) is 0 Å². The molecule has 0 bridgehead atoms. The number of rotatable bonds is 4. The first-order valence-corrected chi connectivity index (χ1v) is 5.54. The lowest BCUT2D eigenvalue weighted by Gasteiger charge is -2.14. The van der Waals surface area contributed by atoms with Crippen molar-refractivity contribution in [1.29, 1.82) is 0 Å². The standard InChI is InChI=1S/C13H16N2O3/c1-15-12(4-5-14-15)13(16)9-6-10(17-2)8-11(7-9)18-3/h4-8,13,16H,1-3H3. The number of nitrogens with zero attached hydrogens (tertiary/aromatic N) is 2. The number of hydrogen-bond donors (Lipinski definition) is 1. The predicted octanol–water partition coefficient (Wildman–Crippen LogP) is 1.52. The molecule has 5 nitrogen and oxygen atoms in total. The van der Waals surface area contributed by atoms with Gasteiger partial charge in [0.2, 0.25) is 0 Å². The Labute approximate surface area is 106 Å². The van der Waals surface area contributed by atoms with E-state index in [0.29, 0.717) is 22.8 Å². The molecule has 0 aliphatic heterocycles. The highest BCUT2D eigenvalue weighted by molar-refractivity contribution is 5.41. The molecular formula is C13H16N2O3. The van der Waals surface area contributed by atoms with Crippen LogP contribution in [0, 0.1) is 0 Å². The first kappa shape index (κ1) is 12.4. The maximum atomic E-state index is 10.3. The smallest absolute Gasteiger partial charge is 0.122 e. The number of aliphatic hydroxyl groups is 1. The molecule has 1 heterocycles. The van der Waals surface area contributed by atoms with Gasteiger partial charge in [-0.05, 0) is 23.8 Å². The molecule has 1 aromatic carbocycles. The second-order valence-corrected chi connectivity index (χ2v) is 3.93. The quantitative estimate of drug-likeness (QED) is 0.891. The van der Waals surface area contributed by atoms with Crippen LogP contribution in [-0.2, 0) is 7.05 Å². The Morgan fingerprint density at radius 1 is 1.17 bits per heavy atom. The van der Waals surface area contributed by atoms with Gasteiger partial charge in [-0.15, -0.1) is 0 Å². The molecule has 0 radical (unpaired) electrons. The average molecular weight is 248 g/mol. The van der Waals surface area contributed by atoms with Gasteiger partial charge in [0.25, 0.3) is 0 Å². The fourth-order valence-electron chi connectivity index (χ4n) is 1.81. The van der Waals surface area contributed by atoms with E-state index in [9.17, 15) is 5.11 Å². The molecule has 0 spiro atoms. The van der Waals surface area contributed by atoms with Crippen LogP contribution in [0.1, 0.15) is 17.4 Å². The molecular weight excluding hydrogens is 232 g/mol. The predicted molar refractivity (Wildman–Crippen MR) is 66.8 cm³/mol. The van der Waals surface area contributed by atoms with Crippen molar-refractivity contribution in [3.05, 3.63) is 41.7 Å². The average Bonchev–Trinajstić information content (AvgIpc) is 2.83. The first-order valence-electron chi connectivity index (χ1n) is 5.54. The number of aryl methyl sites for hydroxylation is 1. The molecule has 1 aromatic heterocycles. The molecule has 1 atom stereocenters. The van der Waals surface area contributed by atoms with E-state index < -0.39 is 6.10 Å². The first-order chi connectivity index (χ1) is 8.65. The summed E-state index contributed by atoms with van der Waals surface area (Å²) in [6.45, 7) is 0. The Kier molecular flexibility index (Phi) is 3.53. The van der Waals surface area contributed by atoms with Gasteiger partial charge >= 0.3 is 0 Å². The van der Waals surface area contributed by atoms with Crippen molar-refractivity contribution >= 4 is 0 Å². The van der Waals surface area contributed by atoms with Gasteiger partial charge in [-0.1, -0.05) is 0 Å². The number of aromatic nitrogens is 2. The second kappa shape index (κ2) is 5.10. The van der Waals surface area contributed by atoms with Crippen LogP contribution in [0.4, 0.5) is 0 Å². The normalized spacial score (nSPS) is 12.2. The topological polar surface area (TPSA) is 56.5 Å². The van der Waals surface area contributed by atoms with Crippen LogP contribution in [-0.4, -0.2) is 29.1 Å². The van der Waals surface area contributed by atoms with Crippen molar-refractivity contribution in [3.8, 4) is 11.5 Å². The summed E-state index contributed by atoms with van der Waals surface area (Å²) in [5.41, 5.74) is 1.42. The molecule has 0 aliphatic carbocycles. The molecule has 0 amide bonds. The van der Waals surface area contributed by atoms with E-state index in [1.807, 2.05) is 0 Å². The number of aliphatic hydroxyl groups excluding tert-OH is 1. The molecule has 2 aromatic rings. The summed E-state index contributed by atoms with van der Waals surface area (Å²) in [7, 11) is 4.94. The highest BCUT2D eigenvalue weighted by Gasteiger charge is 2.16. The van der Waals surface area contributed by atoms with Crippen LogP contribution in [0.2, 0.25) is 0 Å². The lowest BCUT2D eigenvalue weighted by atomic mass is 10.1. The highest BCUT2D eigenvalue weighted by atomic mass is 16.5. The van der Waals surface area contributed by atoms with E-state index in [4.69, 9.17) is 9.47 Å². The summed E-state index contributed by atoms with van der Waals surface area (Å²) in [6.07, 6.45) is 0.886. The van der Waals surface area contributed by atoms with Crippen LogP contribution in [0.15, 0.2) is 30.5 Å². The van der Waals surface area contributed by atoms with E-state index in [2.05, 4.69) is 5.10 Å². The van der Waals surface area contributed by atoms with Crippen molar-refractivity contribution in [2.45, 2.75) is 6.10 Å². The van der Waals surface area contributed by atoms with Crippen LogP contribution in [0.3, 0.4) is 0 Å². The third-order valence-electron chi connectivity index (χ3n) is 2.83. The van der Waals surface area contributed by atoms with Gasteiger partial charge in [0.1, 0.15) is 17.6 Å². The van der Waals surface area contributed by atoms with Crippen molar-refractivity contribution in [1.82, 2.24) is 9.78 Å². The Bertz CT molecular complexity index is 515. The van der Waals surface area contributed by atoms with Crippen molar-refractivity contribution < 1.29 is 14.6 Å². The summed E-state index contributed by atoms with van der Waals surface area (Å²) in [6, 6.07) is 7.09.